The highest BCUT2D eigenvalue weighted by Crippen LogP contribution is 2.14. The highest BCUT2D eigenvalue weighted by atomic mass is 16.4. The molecule has 0 heterocycles. The van der Waals surface area contributed by atoms with Crippen LogP contribution in [-0.2, 0) is 4.79 Å². The molecule has 1 N–H and O–H groups in total. The molecule has 0 bridgehead atoms. The van der Waals surface area contributed by atoms with Crippen LogP contribution in [0.3, 0.4) is 0 Å². The van der Waals surface area contributed by atoms with Gasteiger partial charge in [0.15, 0.2) is 0 Å². The zero-order chi connectivity index (χ0) is 22.2. The first kappa shape index (κ1) is 26.9. The maximum absolute atomic E-state index is 11.1. The van der Waals surface area contributed by atoms with Crippen molar-refractivity contribution in [2.75, 3.05) is 0 Å². The number of carboxylic acid groups (broad SMARTS) is 1. The summed E-state index contributed by atoms with van der Waals surface area (Å²) in [6.07, 6.45) is 20.1. The lowest BCUT2D eigenvalue weighted by Gasteiger charge is -2.02. The summed E-state index contributed by atoms with van der Waals surface area (Å²) in [7, 11) is 0. The summed E-state index contributed by atoms with van der Waals surface area (Å²) in [4.78, 5) is 11.1. The summed E-state index contributed by atoms with van der Waals surface area (Å²) in [6.45, 7) is 14.6. The van der Waals surface area contributed by atoms with Crippen LogP contribution in [0, 0.1) is 0 Å². The van der Waals surface area contributed by atoms with Gasteiger partial charge >= 0.3 is 5.97 Å². The fraction of sp³-hybridized carbons (Fsp3) is 0.519. The third-order valence-electron chi connectivity index (χ3n) is 4.97. The van der Waals surface area contributed by atoms with E-state index in [1.165, 1.54) is 22.3 Å². The first-order valence-corrected chi connectivity index (χ1v) is 10.9. The molecule has 2 heteroatoms. The van der Waals surface area contributed by atoms with Gasteiger partial charge in [-0.3, -0.25) is 0 Å². The van der Waals surface area contributed by atoms with E-state index in [9.17, 15) is 4.79 Å². The number of allylic oxidation sites excluding steroid dienone is 11. The Balaban J connectivity index is 4.39. The third kappa shape index (κ3) is 14.5. The molecular weight excluding hydrogens is 356 g/mol. The number of aliphatic carboxylic acids is 1. The maximum Gasteiger partial charge on any atom is 0.331 e. The van der Waals surface area contributed by atoms with E-state index >= 15 is 0 Å². The van der Waals surface area contributed by atoms with Gasteiger partial charge in [0.1, 0.15) is 0 Å². The Morgan fingerprint density at radius 2 is 1.24 bits per heavy atom. The Morgan fingerprint density at radius 1 is 0.759 bits per heavy atom. The fourth-order valence-corrected chi connectivity index (χ4v) is 3.02. The van der Waals surface area contributed by atoms with Crippen LogP contribution < -0.4 is 0 Å². The molecule has 0 aromatic carbocycles. The van der Waals surface area contributed by atoms with Crippen molar-refractivity contribution < 1.29 is 9.90 Å². The Hall–Kier alpha value is -2.09. The largest absolute Gasteiger partial charge is 0.478 e. The molecular formula is C27H42O2. The van der Waals surface area contributed by atoms with Crippen LogP contribution in [-0.4, -0.2) is 11.1 Å². The number of carbonyl (C=O) groups is 1. The summed E-state index contributed by atoms with van der Waals surface area (Å²) >= 11 is 0. The molecule has 162 valence electrons. The standard InChI is InChI=1S/C27H42O2/c1-8-26(27(28)29)25(7)20-12-19-24(6)18-11-17-23(5)16-10-15-22(4)14-9-13-21(2)3/h12-13,15,17,19-20H,8-11,14,16,18H2,1-7H3,(H,28,29). The van der Waals surface area contributed by atoms with Gasteiger partial charge in [0, 0.05) is 5.57 Å². The molecule has 0 aromatic rings. The predicted molar refractivity (Wildman–Crippen MR) is 128 cm³/mol. The second-order valence-corrected chi connectivity index (χ2v) is 8.19. The topological polar surface area (TPSA) is 37.3 Å². The molecule has 0 aliphatic carbocycles. The van der Waals surface area contributed by atoms with Crippen LogP contribution in [0.2, 0.25) is 0 Å². The average Bonchev–Trinajstić information content (AvgIpc) is 2.61. The molecule has 0 spiro atoms. The molecule has 0 atom stereocenters. The minimum absolute atomic E-state index is 0.479. The fourth-order valence-electron chi connectivity index (χ4n) is 3.02. The van der Waals surface area contributed by atoms with Gasteiger partial charge in [-0.15, -0.1) is 0 Å². The van der Waals surface area contributed by atoms with Crippen LogP contribution >= 0.6 is 0 Å². The minimum Gasteiger partial charge on any atom is -0.478 e. The molecule has 0 aliphatic rings. The van der Waals surface area contributed by atoms with Gasteiger partial charge in [0.05, 0.1) is 0 Å². The summed E-state index contributed by atoms with van der Waals surface area (Å²) in [5, 5.41) is 9.15. The quantitative estimate of drug-likeness (QED) is 0.192. The average molecular weight is 399 g/mol. The van der Waals surface area contributed by atoms with Crippen molar-refractivity contribution in [2.24, 2.45) is 0 Å². The van der Waals surface area contributed by atoms with Crippen molar-refractivity contribution >= 4 is 5.97 Å². The van der Waals surface area contributed by atoms with Crippen LogP contribution in [0.4, 0.5) is 0 Å². The molecule has 0 saturated heterocycles. The van der Waals surface area contributed by atoms with Gasteiger partial charge in [-0.05, 0) is 92.1 Å². The van der Waals surface area contributed by atoms with Crippen molar-refractivity contribution in [2.45, 2.75) is 93.4 Å². The number of hydrogen-bond donors (Lipinski definition) is 1. The third-order valence-corrected chi connectivity index (χ3v) is 4.97. The first-order chi connectivity index (χ1) is 13.7. The molecule has 0 radical (unpaired) electrons. The van der Waals surface area contributed by atoms with Crippen LogP contribution in [0.1, 0.15) is 93.4 Å². The van der Waals surface area contributed by atoms with Crippen molar-refractivity contribution in [3.05, 3.63) is 69.9 Å². The van der Waals surface area contributed by atoms with Gasteiger partial charge in [-0.25, -0.2) is 4.79 Å². The molecule has 0 unspecified atom stereocenters. The van der Waals surface area contributed by atoms with Gasteiger partial charge in [-0.1, -0.05) is 65.7 Å². The second kappa shape index (κ2) is 15.8. The number of carboxylic acids is 1. The lowest BCUT2D eigenvalue weighted by molar-refractivity contribution is -0.132. The van der Waals surface area contributed by atoms with Gasteiger partial charge in [0.25, 0.3) is 0 Å². The number of rotatable bonds is 13. The first-order valence-electron chi connectivity index (χ1n) is 10.9. The monoisotopic (exact) mass is 398 g/mol. The van der Waals surface area contributed by atoms with Crippen molar-refractivity contribution in [3.63, 3.8) is 0 Å². The minimum atomic E-state index is -0.825. The van der Waals surface area contributed by atoms with Crippen molar-refractivity contribution in [1.29, 1.82) is 0 Å². The summed E-state index contributed by atoms with van der Waals surface area (Å²) in [5.74, 6) is -0.825. The van der Waals surface area contributed by atoms with Crippen LogP contribution in [0.5, 0.6) is 0 Å². The van der Waals surface area contributed by atoms with Crippen LogP contribution in [0.25, 0.3) is 0 Å². The maximum atomic E-state index is 11.1. The van der Waals surface area contributed by atoms with E-state index in [1.807, 2.05) is 26.0 Å². The number of hydrogen-bond acceptors (Lipinski definition) is 1. The molecule has 0 rings (SSSR count). The Bertz CT molecular complexity index is 690. The van der Waals surface area contributed by atoms with E-state index in [2.05, 4.69) is 58.9 Å². The van der Waals surface area contributed by atoms with Gasteiger partial charge in [0.2, 0.25) is 0 Å². The van der Waals surface area contributed by atoms with E-state index in [-0.39, 0.29) is 0 Å². The predicted octanol–water partition coefficient (Wildman–Crippen LogP) is 8.50. The van der Waals surface area contributed by atoms with E-state index in [4.69, 9.17) is 5.11 Å². The lowest BCUT2D eigenvalue weighted by atomic mass is 10.0. The highest BCUT2D eigenvalue weighted by Gasteiger charge is 2.06. The zero-order valence-electron chi connectivity index (χ0n) is 19.8. The molecule has 0 saturated carbocycles. The Kier molecular flexibility index (Phi) is 14.7. The molecule has 0 fully saturated rings. The summed E-state index contributed by atoms with van der Waals surface area (Å²) in [6, 6.07) is 0. The van der Waals surface area contributed by atoms with Gasteiger partial charge in [-0.2, -0.15) is 0 Å². The summed E-state index contributed by atoms with van der Waals surface area (Å²) < 4.78 is 0. The normalized spacial score (nSPS) is 14.2. The Labute approximate surface area is 179 Å². The zero-order valence-corrected chi connectivity index (χ0v) is 19.8. The summed E-state index contributed by atoms with van der Waals surface area (Å²) in [5.41, 5.74) is 6.94. The van der Waals surface area contributed by atoms with E-state index in [1.54, 1.807) is 0 Å². The molecule has 0 aliphatic heterocycles. The SMILES string of the molecule is CCC(C(=O)O)=C(C)C=CC=C(C)CCC=C(C)CCC=C(C)CCC=C(C)C. The van der Waals surface area contributed by atoms with E-state index < -0.39 is 5.97 Å². The van der Waals surface area contributed by atoms with Crippen molar-refractivity contribution in [3.8, 4) is 0 Å². The van der Waals surface area contributed by atoms with Crippen molar-refractivity contribution in [1.82, 2.24) is 0 Å². The molecule has 0 aromatic heterocycles. The van der Waals surface area contributed by atoms with Crippen LogP contribution in [0.15, 0.2) is 69.9 Å². The molecule has 2 nitrogen and oxygen atoms in total. The van der Waals surface area contributed by atoms with E-state index in [0.29, 0.717) is 12.0 Å². The second-order valence-electron chi connectivity index (χ2n) is 8.19. The lowest BCUT2D eigenvalue weighted by Crippen LogP contribution is -2.01. The highest BCUT2D eigenvalue weighted by molar-refractivity contribution is 5.87. The Morgan fingerprint density at radius 3 is 1.69 bits per heavy atom. The van der Waals surface area contributed by atoms with Gasteiger partial charge < -0.3 is 5.11 Å². The smallest absolute Gasteiger partial charge is 0.331 e. The molecule has 29 heavy (non-hydrogen) atoms. The van der Waals surface area contributed by atoms with E-state index in [0.717, 1.165) is 44.1 Å². The molecule has 0 amide bonds.